The molecule has 1 aromatic heterocycles. The molecule has 3 heterocycles. The van der Waals surface area contributed by atoms with Crippen LogP contribution in [-0.4, -0.2) is 73.4 Å². The minimum absolute atomic E-state index is 0.123. The van der Waals surface area contributed by atoms with Gasteiger partial charge in [-0.25, -0.2) is 4.98 Å². The first-order chi connectivity index (χ1) is 11.1. The topological polar surface area (TPSA) is 105 Å². The molecule has 0 aliphatic carbocycles. The van der Waals surface area contributed by atoms with E-state index in [9.17, 15) is 13.2 Å². The standard InChI is InChI=1S/C13H20N4O5S/c18-13(12-8-14-10-22-12)15-11-2-1-3-17(9-11)23(19,20)16-4-6-21-7-5-16/h8,10-11H,1-7,9H2,(H,15,18). The molecule has 1 amide bonds. The van der Waals surface area contributed by atoms with Crippen molar-refractivity contribution in [3.05, 3.63) is 18.4 Å². The summed E-state index contributed by atoms with van der Waals surface area (Å²) in [5.41, 5.74) is 0. The van der Waals surface area contributed by atoms with Crippen LogP contribution in [0.3, 0.4) is 0 Å². The van der Waals surface area contributed by atoms with Crippen molar-refractivity contribution in [2.45, 2.75) is 18.9 Å². The van der Waals surface area contributed by atoms with E-state index >= 15 is 0 Å². The molecular formula is C13H20N4O5S. The fraction of sp³-hybridized carbons (Fsp3) is 0.692. The Morgan fingerprint density at radius 3 is 2.74 bits per heavy atom. The van der Waals surface area contributed by atoms with Crippen molar-refractivity contribution in [2.75, 3.05) is 39.4 Å². The highest BCUT2D eigenvalue weighted by atomic mass is 32.2. The molecule has 1 unspecified atom stereocenters. The fourth-order valence-corrected chi connectivity index (χ4v) is 4.46. The Labute approximate surface area is 134 Å². The number of oxazole rings is 1. The molecule has 3 rings (SSSR count). The maximum atomic E-state index is 12.7. The molecule has 23 heavy (non-hydrogen) atoms. The molecule has 0 spiro atoms. The number of amides is 1. The van der Waals surface area contributed by atoms with Gasteiger partial charge < -0.3 is 14.5 Å². The third-order valence-electron chi connectivity index (χ3n) is 4.00. The SMILES string of the molecule is O=C(NC1CCCN(S(=O)(=O)N2CCOCC2)C1)c1cnco1. The van der Waals surface area contributed by atoms with Crippen molar-refractivity contribution in [1.29, 1.82) is 0 Å². The average molecular weight is 344 g/mol. The lowest BCUT2D eigenvalue weighted by atomic mass is 10.1. The molecule has 10 heteroatoms. The number of nitrogens with one attached hydrogen (secondary N) is 1. The van der Waals surface area contributed by atoms with Crippen LogP contribution in [0.4, 0.5) is 0 Å². The number of aromatic nitrogens is 1. The lowest BCUT2D eigenvalue weighted by molar-refractivity contribution is 0.0691. The van der Waals surface area contributed by atoms with Crippen molar-refractivity contribution < 1.29 is 22.4 Å². The predicted molar refractivity (Wildman–Crippen MR) is 79.9 cm³/mol. The minimum Gasteiger partial charge on any atom is -0.438 e. The molecule has 2 aliphatic heterocycles. The van der Waals surface area contributed by atoms with Gasteiger partial charge in [-0.15, -0.1) is 0 Å². The quantitative estimate of drug-likeness (QED) is 0.785. The highest BCUT2D eigenvalue weighted by molar-refractivity contribution is 7.86. The normalized spacial score (nSPS) is 24.4. The van der Waals surface area contributed by atoms with Gasteiger partial charge in [0.15, 0.2) is 6.39 Å². The van der Waals surface area contributed by atoms with Crippen molar-refractivity contribution in [3.63, 3.8) is 0 Å². The van der Waals surface area contributed by atoms with Gasteiger partial charge in [0.05, 0.1) is 19.4 Å². The van der Waals surface area contributed by atoms with Gasteiger partial charge in [0, 0.05) is 32.2 Å². The highest BCUT2D eigenvalue weighted by Crippen LogP contribution is 2.18. The largest absolute Gasteiger partial charge is 0.438 e. The molecule has 2 aliphatic rings. The van der Waals surface area contributed by atoms with E-state index < -0.39 is 10.2 Å². The number of ether oxygens (including phenoxy) is 1. The molecule has 0 aromatic carbocycles. The van der Waals surface area contributed by atoms with Gasteiger partial charge in [-0.3, -0.25) is 4.79 Å². The van der Waals surface area contributed by atoms with Crippen molar-refractivity contribution in [2.24, 2.45) is 0 Å². The molecule has 9 nitrogen and oxygen atoms in total. The van der Waals surface area contributed by atoms with E-state index in [4.69, 9.17) is 9.15 Å². The van der Waals surface area contributed by atoms with Gasteiger partial charge in [-0.05, 0) is 12.8 Å². The number of hydrogen-bond donors (Lipinski definition) is 1. The van der Waals surface area contributed by atoms with E-state index in [1.165, 1.54) is 21.2 Å². The average Bonchev–Trinajstić information content (AvgIpc) is 3.10. The Morgan fingerprint density at radius 2 is 2.04 bits per heavy atom. The number of carbonyl (C=O) groups is 1. The zero-order valence-corrected chi connectivity index (χ0v) is 13.5. The molecule has 1 N–H and O–H groups in total. The summed E-state index contributed by atoms with van der Waals surface area (Å²) in [7, 11) is -3.51. The number of piperidine rings is 1. The van der Waals surface area contributed by atoms with E-state index in [1.54, 1.807) is 0 Å². The van der Waals surface area contributed by atoms with Crippen LogP contribution in [0, 0.1) is 0 Å². The van der Waals surface area contributed by atoms with Crippen molar-refractivity contribution in [3.8, 4) is 0 Å². The molecule has 128 valence electrons. The zero-order chi connectivity index (χ0) is 16.3. The molecule has 1 aromatic rings. The number of carbonyl (C=O) groups excluding carboxylic acids is 1. The summed E-state index contributed by atoms with van der Waals surface area (Å²) in [6.07, 6.45) is 3.95. The molecule has 0 radical (unpaired) electrons. The molecule has 0 bridgehead atoms. The first-order valence-corrected chi connectivity index (χ1v) is 8.99. The second-order valence-corrected chi connectivity index (χ2v) is 7.48. The van der Waals surface area contributed by atoms with Crippen LogP contribution in [0.25, 0.3) is 0 Å². The Morgan fingerprint density at radius 1 is 1.26 bits per heavy atom. The van der Waals surface area contributed by atoms with Crippen LogP contribution < -0.4 is 5.32 Å². The number of hydrogen-bond acceptors (Lipinski definition) is 6. The van der Waals surface area contributed by atoms with E-state index in [2.05, 4.69) is 10.3 Å². The Balaban J connectivity index is 1.62. The smallest absolute Gasteiger partial charge is 0.288 e. The van der Waals surface area contributed by atoms with Crippen molar-refractivity contribution in [1.82, 2.24) is 18.9 Å². The van der Waals surface area contributed by atoms with Gasteiger partial charge >= 0.3 is 0 Å². The molecule has 1 atom stereocenters. The fourth-order valence-electron chi connectivity index (χ4n) is 2.79. The Kier molecular flexibility index (Phi) is 4.95. The Bertz CT molecular complexity index is 627. The number of rotatable bonds is 4. The highest BCUT2D eigenvalue weighted by Gasteiger charge is 2.35. The second-order valence-electron chi connectivity index (χ2n) is 5.56. The first-order valence-electron chi connectivity index (χ1n) is 7.59. The lowest BCUT2D eigenvalue weighted by Gasteiger charge is -2.36. The van der Waals surface area contributed by atoms with Crippen LogP contribution >= 0.6 is 0 Å². The van der Waals surface area contributed by atoms with E-state index in [-0.39, 0.29) is 24.3 Å². The third kappa shape index (κ3) is 3.71. The number of morpholine rings is 1. The Hall–Kier alpha value is -1.49. The van der Waals surface area contributed by atoms with Gasteiger partial charge in [0.25, 0.3) is 16.1 Å². The molecule has 2 fully saturated rings. The predicted octanol–water partition coefficient (Wildman–Crippen LogP) is -0.554. The van der Waals surface area contributed by atoms with Gasteiger partial charge in [-0.1, -0.05) is 0 Å². The van der Waals surface area contributed by atoms with Gasteiger partial charge in [0.1, 0.15) is 0 Å². The van der Waals surface area contributed by atoms with Crippen LogP contribution in [0.15, 0.2) is 17.0 Å². The maximum Gasteiger partial charge on any atom is 0.288 e. The molecule has 0 saturated carbocycles. The summed E-state index contributed by atoms with van der Waals surface area (Å²) in [5.74, 6) is -0.253. The van der Waals surface area contributed by atoms with Crippen LogP contribution in [0.5, 0.6) is 0 Å². The summed E-state index contributed by atoms with van der Waals surface area (Å²) in [4.78, 5) is 15.7. The van der Waals surface area contributed by atoms with Gasteiger partial charge in [0.2, 0.25) is 5.76 Å². The summed E-state index contributed by atoms with van der Waals surface area (Å²) in [5, 5.41) is 2.80. The lowest BCUT2D eigenvalue weighted by Crippen LogP contribution is -2.55. The van der Waals surface area contributed by atoms with Crippen LogP contribution in [0.2, 0.25) is 0 Å². The van der Waals surface area contributed by atoms with E-state index in [1.807, 2.05) is 0 Å². The van der Waals surface area contributed by atoms with Crippen LogP contribution in [0.1, 0.15) is 23.4 Å². The number of nitrogens with zero attached hydrogens (tertiary/aromatic N) is 3. The summed E-state index contributed by atoms with van der Waals surface area (Å²) in [6.45, 7) is 2.30. The minimum atomic E-state index is -3.51. The summed E-state index contributed by atoms with van der Waals surface area (Å²) < 4.78 is 38.3. The summed E-state index contributed by atoms with van der Waals surface area (Å²) >= 11 is 0. The van der Waals surface area contributed by atoms with Gasteiger partial charge in [-0.2, -0.15) is 17.0 Å². The zero-order valence-electron chi connectivity index (χ0n) is 12.7. The van der Waals surface area contributed by atoms with Crippen molar-refractivity contribution >= 4 is 16.1 Å². The third-order valence-corrected chi connectivity index (χ3v) is 6.00. The monoisotopic (exact) mass is 344 g/mol. The second kappa shape index (κ2) is 6.95. The maximum absolute atomic E-state index is 12.7. The summed E-state index contributed by atoms with van der Waals surface area (Å²) in [6, 6.07) is -0.239. The van der Waals surface area contributed by atoms with E-state index in [0.717, 1.165) is 6.42 Å². The molecular weight excluding hydrogens is 324 g/mol. The van der Waals surface area contributed by atoms with Crippen LogP contribution in [-0.2, 0) is 14.9 Å². The molecule has 2 saturated heterocycles. The first kappa shape index (κ1) is 16.4. The van der Waals surface area contributed by atoms with E-state index in [0.29, 0.717) is 39.3 Å².